The number of hydrogen-bond donors (Lipinski definition) is 4. The summed E-state index contributed by atoms with van der Waals surface area (Å²) >= 11 is 0. The Labute approximate surface area is 194 Å². The highest BCUT2D eigenvalue weighted by Crippen LogP contribution is 2.34. The number of nitrogens with zero attached hydrogens (tertiary/aromatic N) is 2. The highest BCUT2D eigenvalue weighted by Gasteiger charge is 2.22. The van der Waals surface area contributed by atoms with Crippen LogP contribution in [0.4, 0.5) is 0 Å². The molecule has 1 fully saturated rings. The summed E-state index contributed by atoms with van der Waals surface area (Å²) in [5.74, 6) is 2.45. The largest absolute Gasteiger partial charge is 0.493 e. The van der Waals surface area contributed by atoms with Crippen molar-refractivity contribution in [3.05, 3.63) is 53.1 Å². The molecule has 2 aliphatic rings. The first kappa shape index (κ1) is 22.6. The van der Waals surface area contributed by atoms with E-state index in [9.17, 15) is 0 Å². The molecule has 0 amide bonds. The van der Waals surface area contributed by atoms with Gasteiger partial charge in [0.25, 0.3) is 0 Å². The van der Waals surface area contributed by atoms with Crippen molar-refractivity contribution in [1.29, 1.82) is 10.8 Å². The van der Waals surface area contributed by atoms with Crippen LogP contribution in [-0.4, -0.2) is 54.6 Å². The zero-order chi connectivity index (χ0) is 23.4. The van der Waals surface area contributed by atoms with Gasteiger partial charge in [0.2, 0.25) is 0 Å². The number of ether oxygens (including phenoxy) is 3. The smallest absolute Gasteiger partial charge is 0.188 e. The lowest BCUT2D eigenvalue weighted by molar-refractivity contribution is 0.130. The molecule has 9 nitrogen and oxygen atoms in total. The molecule has 0 aromatic heterocycles. The van der Waals surface area contributed by atoms with Crippen molar-refractivity contribution in [3.63, 3.8) is 0 Å². The molecule has 176 valence electrons. The Bertz CT molecular complexity index is 1000. The number of nitrogens with one attached hydrogen (secondary N) is 2. The molecule has 0 radical (unpaired) electrons. The number of hydrogen-bond acceptors (Lipinski definition) is 5. The summed E-state index contributed by atoms with van der Waals surface area (Å²) in [7, 11) is 1.63. The van der Waals surface area contributed by atoms with Crippen LogP contribution in [0.2, 0.25) is 0 Å². The van der Waals surface area contributed by atoms with Crippen molar-refractivity contribution in [2.24, 2.45) is 11.5 Å². The van der Waals surface area contributed by atoms with Crippen LogP contribution in [0.1, 0.15) is 29.5 Å². The summed E-state index contributed by atoms with van der Waals surface area (Å²) in [5, 5.41) is 15.2. The molecule has 9 heteroatoms. The fraction of sp³-hybridized carbons (Fsp3) is 0.417. The van der Waals surface area contributed by atoms with E-state index in [1.807, 2.05) is 46.2 Å². The third-order valence-corrected chi connectivity index (χ3v) is 6.24. The average Bonchev–Trinajstić information content (AvgIpc) is 2.83. The van der Waals surface area contributed by atoms with E-state index in [1.54, 1.807) is 7.11 Å². The van der Waals surface area contributed by atoms with Crippen LogP contribution in [0, 0.1) is 10.8 Å². The maximum atomic E-state index is 7.67. The number of nitrogens with two attached hydrogens (primary N) is 2. The number of rotatable bonds is 6. The summed E-state index contributed by atoms with van der Waals surface area (Å²) in [6.45, 7) is 3.26. The van der Waals surface area contributed by atoms with Gasteiger partial charge in [-0.3, -0.25) is 10.8 Å². The van der Waals surface area contributed by atoms with Crippen LogP contribution in [-0.2, 0) is 19.6 Å². The third-order valence-electron chi connectivity index (χ3n) is 6.24. The van der Waals surface area contributed by atoms with Gasteiger partial charge in [0.05, 0.1) is 7.11 Å². The van der Waals surface area contributed by atoms with Crippen LogP contribution in [0.25, 0.3) is 0 Å². The predicted molar refractivity (Wildman–Crippen MR) is 127 cm³/mol. The van der Waals surface area contributed by atoms with E-state index in [2.05, 4.69) is 0 Å². The van der Waals surface area contributed by atoms with Gasteiger partial charge in [0.1, 0.15) is 18.5 Å². The molecule has 6 N–H and O–H groups in total. The van der Waals surface area contributed by atoms with Crippen LogP contribution in [0.15, 0.2) is 36.4 Å². The summed E-state index contributed by atoms with van der Waals surface area (Å²) in [6.07, 6.45) is 2.66. The first-order valence-electron chi connectivity index (χ1n) is 11.2. The monoisotopic (exact) mass is 452 g/mol. The molecule has 0 saturated carbocycles. The van der Waals surface area contributed by atoms with Crippen LogP contribution in [0.5, 0.6) is 17.2 Å². The highest BCUT2D eigenvalue weighted by molar-refractivity contribution is 5.75. The Morgan fingerprint density at radius 3 is 2.24 bits per heavy atom. The van der Waals surface area contributed by atoms with E-state index in [0.717, 1.165) is 55.8 Å². The number of methoxy groups -OCH3 is 1. The fourth-order valence-electron chi connectivity index (χ4n) is 4.27. The predicted octanol–water partition coefficient (Wildman–Crippen LogP) is 2.26. The van der Waals surface area contributed by atoms with E-state index >= 15 is 0 Å². The number of piperidine rings is 1. The Morgan fingerprint density at radius 2 is 1.61 bits per heavy atom. The molecular weight excluding hydrogens is 420 g/mol. The molecule has 0 aliphatic carbocycles. The summed E-state index contributed by atoms with van der Waals surface area (Å²) in [4.78, 5) is 3.72. The Hall–Kier alpha value is -3.62. The number of benzene rings is 2. The Balaban J connectivity index is 1.34. The molecule has 2 aliphatic heterocycles. The van der Waals surface area contributed by atoms with Crippen LogP contribution < -0.4 is 25.7 Å². The first-order chi connectivity index (χ1) is 15.9. The molecule has 0 bridgehead atoms. The van der Waals surface area contributed by atoms with E-state index in [-0.39, 0.29) is 18.0 Å². The number of likely N-dealkylation sites (tertiary alicyclic amines) is 1. The first-order valence-corrected chi connectivity index (χ1v) is 11.2. The summed E-state index contributed by atoms with van der Waals surface area (Å²) in [5.41, 5.74) is 14.5. The molecule has 1 saturated heterocycles. The zero-order valence-electron chi connectivity index (χ0n) is 19.0. The molecule has 4 rings (SSSR count). The molecule has 0 atom stereocenters. The second-order valence-corrected chi connectivity index (χ2v) is 8.45. The van der Waals surface area contributed by atoms with Crippen molar-refractivity contribution in [3.8, 4) is 17.2 Å². The van der Waals surface area contributed by atoms with Crippen LogP contribution >= 0.6 is 0 Å². The van der Waals surface area contributed by atoms with Gasteiger partial charge in [-0.2, -0.15) is 0 Å². The van der Waals surface area contributed by atoms with Crippen molar-refractivity contribution >= 4 is 11.9 Å². The summed E-state index contributed by atoms with van der Waals surface area (Å²) < 4.78 is 17.7. The summed E-state index contributed by atoms with van der Waals surface area (Å²) in [6, 6.07) is 12.0. The average molecular weight is 453 g/mol. The quantitative estimate of drug-likeness (QED) is 0.390. The van der Waals surface area contributed by atoms with Crippen molar-refractivity contribution < 1.29 is 14.2 Å². The fourth-order valence-corrected chi connectivity index (χ4v) is 4.27. The lowest BCUT2D eigenvalue weighted by Gasteiger charge is -2.32. The highest BCUT2D eigenvalue weighted by atomic mass is 16.5. The van der Waals surface area contributed by atoms with Crippen molar-refractivity contribution in [2.45, 2.75) is 38.5 Å². The number of fused-ring (bicyclic) bond motifs is 1. The maximum Gasteiger partial charge on any atom is 0.188 e. The van der Waals surface area contributed by atoms with Gasteiger partial charge in [-0.15, -0.1) is 0 Å². The molecule has 2 heterocycles. The zero-order valence-corrected chi connectivity index (χ0v) is 19.0. The normalized spacial score (nSPS) is 16.2. The minimum atomic E-state index is 0.0916. The van der Waals surface area contributed by atoms with Gasteiger partial charge in [-0.25, -0.2) is 0 Å². The van der Waals surface area contributed by atoms with Crippen molar-refractivity contribution in [2.75, 3.05) is 26.7 Å². The van der Waals surface area contributed by atoms with E-state index in [0.29, 0.717) is 24.7 Å². The third kappa shape index (κ3) is 5.42. The lowest BCUT2D eigenvalue weighted by Crippen LogP contribution is -2.44. The standard InChI is InChI=1S/C24H32N6O3/c1-31-21-13-18-14-30(24(27)28)9-6-17(18)12-22(21)32-15-16-2-4-19(5-3-16)33-20-7-10-29(11-8-20)23(25)26/h2-5,12-13,20H,6-11,14-15H2,1H3,(H3,25,26)(H3,27,28). The minimum Gasteiger partial charge on any atom is -0.493 e. The molecule has 0 spiro atoms. The molecular formula is C24H32N6O3. The molecule has 2 aromatic rings. The van der Waals surface area contributed by atoms with Crippen molar-refractivity contribution in [1.82, 2.24) is 9.80 Å². The Morgan fingerprint density at radius 1 is 0.939 bits per heavy atom. The maximum absolute atomic E-state index is 7.67. The second kappa shape index (κ2) is 9.89. The van der Waals surface area contributed by atoms with Gasteiger partial charge in [-0.05, 0) is 47.4 Å². The van der Waals surface area contributed by atoms with Gasteiger partial charge < -0.3 is 35.5 Å². The molecule has 0 unspecified atom stereocenters. The van der Waals surface area contributed by atoms with E-state index in [4.69, 9.17) is 36.5 Å². The lowest BCUT2D eigenvalue weighted by atomic mass is 9.99. The molecule has 33 heavy (non-hydrogen) atoms. The van der Waals surface area contributed by atoms with Gasteiger partial charge in [0.15, 0.2) is 23.4 Å². The van der Waals surface area contributed by atoms with Gasteiger partial charge in [-0.1, -0.05) is 12.1 Å². The topological polar surface area (TPSA) is 134 Å². The van der Waals surface area contributed by atoms with E-state index in [1.165, 1.54) is 5.56 Å². The number of guanidine groups is 2. The Kier molecular flexibility index (Phi) is 6.76. The van der Waals surface area contributed by atoms with Gasteiger partial charge >= 0.3 is 0 Å². The van der Waals surface area contributed by atoms with E-state index < -0.39 is 0 Å². The minimum absolute atomic E-state index is 0.0916. The van der Waals surface area contributed by atoms with Gasteiger partial charge in [0, 0.05) is 39.0 Å². The molecule has 2 aromatic carbocycles. The van der Waals surface area contributed by atoms with Crippen LogP contribution in [0.3, 0.4) is 0 Å². The second-order valence-electron chi connectivity index (χ2n) is 8.45. The SMILES string of the molecule is COc1cc2c(cc1OCc1ccc(OC3CCN(C(=N)N)CC3)cc1)CCN(C(=N)N)C2.